The lowest BCUT2D eigenvalue weighted by Crippen LogP contribution is -2.01. The van der Waals surface area contributed by atoms with Crippen molar-refractivity contribution in [3.05, 3.63) is 23.1 Å². The van der Waals surface area contributed by atoms with Crippen LogP contribution in [-0.4, -0.2) is 26.9 Å². The highest BCUT2D eigenvalue weighted by Gasteiger charge is 2.04. The Morgan fingerprint density at radius 1 is 1.53 bits per heavy atom. The molecule has 7 heteroatoms. The Kier molecular flexibility index (Phi) is 2.38. The Balaban J connectivity index is 2.50. The van der Waals surface area contributed by atoms with E-state index in [4.69, 9.17) is 22.7 Å². The molecule has 2 rings (SSSR count). The number of hydrogen-bond donors (Lipinski definition) is 2. The van der Waals surface area contributed by atoms with Crippen LogP contribution in [0.2, 0.25) is 0 Å². The van der Waals surface area contributed by atoms with Gasteiger partial charge in [-0.05, 0) is 18.3 Å². The summed E-state index contributed by atoms with van der Waals surface area (Å²) in [6.07, 6.45) is 1.61. The van der Waals surface area contributed by atoms with E-state index in [2.05, 4.69) is 15.2 Å². The number of aromatic nitrogens is 4. The molecule has 0 bridgehead atoms. The number of hydrogen-bond acceptors (Lipinski definition) is 5. The van der Waals surface area contributed by atoms with Crippen molar-refractivity contribution in [2.75, 3.05) is 12.8 Å². The molecule has 15 heavy (non-hydrogen) atoms. The van der Waals surface area contributed by atoms with Gasteiger partial charge in [0.2, 0.25) is 16.6 Å². The first-order valence-corrected chi connectivity index (χ1v) is 4.56. The molecule has 0 aliphatic carbocycles. The van der Waals surface area contributed by atoms with E-state index < -0.39 is 0 Å². The predicted octanol–water partition coefficient (Wildman–Crippen LogP) is 0.916. The molecule has 0 atom stereocenters. The molecular formula is C8H9N5OS. The third-order valence-corrected chi connectivity index (χ3v) is 2.16. The van der Waals surface area contributed by atoms with E-state index in [1.54, 1.807) is 30.0 Å². The van der Waals surface area contributed by atoms with Crippen LogP contribution in [0.4, 0.5) is 5.95 Å². The fourth-order valence-electron chi connectivity index (χ4n) is 1.18. The van der Waals surface area contributed by atoms with Gasteiger partial charge in [-0.1, -0.05) is 0 Å². The number of nitrogens with two attached hydrogens (primary N) is 1. The minimum absolute atomic E-state index is 0.298. The first-order chi connectivity index (χ1) is 7.22. The average molecular weight is 223 g/mol. The largest absolute Gasteiger partial charge is 0.481 e. The lowest BCUT2D eigenvalue weighted by molar-refractivity contribution is 0.398. The second kappa shape index (κ2) is 3.70. The molecule has 0 saturated heterocycles. The van der Waals surface area contributed by atoms with E-state index in [1.165, 1.54) is 0 Å². The van der Waals surface area contributed by atoms with Crippen molar-refractivity contribution >= 4 is 18.2 Å². The number of nitrogens with one attached hydrogen (secondary N) is 1. The number of pyridine rings is 1. The molecule has 0 spiro atoms. The first kappa shape index (κ1) is 9.66. The van der Waals surface area contributed by atoms with Crippen molar-refractivity contribution in [2.45, 2.75) is 0 Å². The van der Waals surface area contributed by atoms with Crippen molar-refractivity contribution in [1.29, 1.82) is 0 Å². The molecule has 2 aromatic rings. The summed E-state index contributed by atoms with van der Waals surface area (Å²) in [5, 5.41) is 6.40. The number of aromatic amines is 1. The fraction of sp³-hybridized carbons (Fsp3) is 0.125. The monoisotopic (exact) mass is 223 g/mol. The van der Waals surface area contributed by atoms with Crippen molar-refractivity contribution < 1.29 is 4.74 Å². The Morgan fingerprint density at radius 3 is 2.80 bits per heavy atom. The Bertz CT molecular complexity index is 515. The Labute approximate surface area is 90.7 Å². The van der Waals surface area contributed by atoms with Crippen LogP contribution in [-0.2, 0) is 0 Å². The minimum Gasteiger partial charge on any atom is -0.481 e. The van der Waals surface area contributed by atoms with Crippen LogP contribution in [0, 0.1) is 4.77 Å². The van der Waals surface area contributed by atoms with Gasteiger partial charge in [-0.2, -0.15) is 0 Å². The number of nitrogen functional groups attached to an aromatic ring is 1. The van der Waals surface area contributed by atoms with Gasteiger partial charge >= 0.3 is 0 Å². The van der Waals surface area contributed by atoms with Crippen LogP contribution in [0.1, 0.15) is 0 Å². The molecule has 0 aromatic carbocycles. The zero-order valence-electron chi connectivity index (χ0n) is 7.97. The third-order valence-electron chi connectivity index (χ3n) is 1.89. The summed E-state index contributed by atoms with van der Waals surface area (Å²) in [6.45, 7) is 0. The SMILES string of the molecule is COc1ccc(-n2c(N)n[nH]c2=S)cn1. The Hall–Kier alpha value is -1.89. The van der Waals surface area contributed by atoms with Gasteiger partial charge in [-0.15, -0.1) is 5.10 Å². The molecule has 3 N–H and O–H groups in total. The van der Waals surface area contributed by atoms with Gasteiger partial charge < -0.3 is 10.5 Å². The smallest absolute Gasteiger partial charge is 0.225 e. The molecule has 6 nitrogen and oxygen atoms in total. The number of methoxy groups -OCH3 is 1. The van der Waals surface area contributed by atoms with Gasteiger partial charge in [-0.3, -0.25) is 4.57 Å². The van der Waals surface area contributed by atoms with Crippen molar-refractivity contribution in [3.8, 4) is 11.6 Å². The fourth-order valence-corrected chi connectivity index (χ4v) is 1.43. The predicted molar refractivity (Wildman–Crippen MR) is 57.5 cm³/mol. The van der Waals surface area contributed by atoms with Crippen molar-refractivity contribution in [2.24, 2.45) is 0 Å². The van der Waals surface area contributed by atoms with E-state index in [0.29, 0.717) is 16.6 Å². The van der Waals surface area contributed by atoms with Crippen molar-refractivity contribution in [3.63, 3.8) is 0 Å². The topological polar surface area (TPSA) is 81.8 Å². The molecule has 2 aromatic heterocycles. The minimum atomic E-state index is 0.298. The van der Waals surface area contributed by atoms with Gasteiger partial charge in [-0.25, -0.2) is 10.1 Å². The second-order valence-corrected chi connectivity index (χ2v) is 3.17. The van der Waals surface area contributed by atoms with Gasteiger partial charge in [0, 0.05) is 6.07 Å². The average Bonchev–Trinajstić information content (AvgIpc) is 2.59. The number of H-pyrrole nitrogens is 1. The molecule has 2 heterocycles. The number of rotatable bonds is 2. The summed E-state index contributed by atoms with van der Waals surface area (Å²) in [6, 6.07) is 3.52. The van der Waals surface area contributed by atoms with Gasteiger partial charge in [0.15, 0.2) is 0 Å². The highest BCUT2D eigenvalue weighted by atomic mass is 32.1. The maximum atomic E-state index is 5.64. The van der Waals surface area contributed by atoms with E-state index in [9.17, 15) is 0 Å². The second-order valence-electron chi connectivity index (χ2n) is 2.78. The van der Waals surface area contributed by atoms with Crippen LogP contribution >= 0.6 is 12.2 Å². The summed E-state index contributed by atoms with van der Waals surface area (Å²) in [5.41, 5.74) is 6.38. The quantitative estimate of drug-likeness (QED) is 0.740. The standard InChI is InChI=1S/C8H9N5OS/c1-14-6-3-2-5(4-10-6)13-7(9)11-12-8(13)15/h2-4H,1H3,(H2,9,11)(H,12,15). The molecule has 0 aliphatic heterocycles. The number of anilines is 1. The molecule has 0 unspecified atom stereocenters. The molecule has 0 amide bonds. The molecule has 0 aliphatic rings. The van der Waals surface area contributed by atoms with E-state index >= 15 is 0 Å². The van der Waals surface area contributed by atoms with Crippen LogP contribution in [0.15, 0.2) is 18.3 Å². The molecule has 0 saturated carbocycles. The van der Waals surface area contributed by atoms with E-state index in [-0.39, 0.29) is 0 Å². The normalized spacial score (nSPS) is 10.2. The lowest BCUT2D eigenvalue weighted by Gasteiger charge is -2.03. The van der Waals surface area contributed by atoms with Gasteiger partial charge in [0.1, 0.15) is 0 Å². The van der Waals surface area contributed by atoms with Crippen LogP contribution in [0.5, 0.6) is 5.88 Å². The van der Waals surface area contributed by atoms with Crippen LogP contribution < -0.4 is 10.5 Å². The van der Waals surface area contributed by atoms with Gasteiger partial charge in [0.05, 0.1) is 19.0 Å². The first-order valence-electron chi connectivity index (χ1n) is 4.15. The summed E-state index contributed by atoms with van der Waals surface area (Å²) in [4.78, 5) is 4.05. The summed E-state index contributed by atoms with van der Waals surface area (Å²) < 4.78 is 6.96. The summed E-state index contributed by atoms with van der Waals surface area (Å²) in [5.74, 6) is 0.833. The summed E-state index contributed by atoms with van der Waals surface area (Å²) in [7, 11) is 1.56. The van der Waals surface area contributed by atoms with Gasteiger partial charge in [0.25, 0.3) is 0 Å². The number of nitrogens with zero attached hydrogens (tertiary/aromatic N) is 3. The van der Waals surface area contributed by atoms with Crippen LogP contribution in [0.25, 0.3) is 5.69 Å². The maximum absolute atomic E-state index is 5.64. The third kappa shape index (κ3) is 1.68. The van der Waals surface area contributed by atoms with E-state index in [0.717, 1.165) is 5.69 Å². The van der Waals surface area contributed by atoms with E-state index in [1.807, 2.05) is 0 Å². The zero-order valence-corrected chi connectivity index (χ0v) is 8.78. The maximum Gasteiger partial charge on any atom is 0.225 e. The number of ether oxygens (including phenoxy) is 1. The molecule has 0 radical (unpaired) electrons. The highest BCUT2D eigenvalue weighted by Crippen LogP contribution is 2.13. The molecule has 78 valence electrons. The van der Waals surface area contributed by atoms with Crippen LogP contribution in [0.3, 0.4) is 0 Å². The Morgan fingerprint density at radius 2 is 2.33 bits per heavy atom. The molecule has 0 fully saturated rings. The molecular weight excluding hydrogens is 214 g/mol. The van der Waals surface area contributed by atoms with Crippen molar-refractivity contribution in [1.82, 2.24) is 19.7 Å². The highest BCUT2D eigenvalue weighted by molar-refractivity contribution is 7.71. The summed E-state index contributed by atoms with van der Waals surface area (Å²) >= 11 is 5.02. The lowest BCUT2D eigenvalue weighted by atomic mass is 10.4. The zero-order chi connectivity index (χ0) is 10.8.